The maximum atomic E-state index is 12.5. The number of rotatable bonds is 5. The van der Waals surface area contributed by atoms with Crippen molar-refractivity contribution in [3.05, 3.63) is 58.3 Å². The summed E-state index contributed by atoms with van der Waals surface area (Å²) in [7, 11) is 0. The molecule has 24 heavy (non-hydrogen) atoms. The van der Waals surface area contributed by atoms with Crippen molar-refractivity contribution in [1.82, 2.24) is 15.1 Å². The summed E-state index contributed by atoms with van der Waals surface area (Å²) in [6.07, 6.45) is 0.917. The van der Waals surface area contributed by atoms with Gasteiger partial charge >= 0.3 is 6.03 Å². The minimum atomic E-state index is 0.0645. The average molecular weight is 343 g/mol. The highest BCUT2D eigenvalue weighted by Gasteiger charge is 2.23. The molecule has 1 saturated heterocycles. The Morgan fingerprint density at radius 3 is 2.50 bits per heavy atom. The van der Waals surface area contributed by atoms with E-state index in [9.17, 15) is 4.79 Å². The van der Waals surface area contributed by atoms with Gasteiger partial charge in [0, 0.05) is 37.6 Å². The molecule has 0 aliphatic carbocycles. The first-order valence-corrected chi connectivity index (χ1v) is 9.49. The SMILES string of the molecule is CCC(NC(=O)N1CCN(Cc2ccccc2)CC1)c1cccs1. The quantitative estimate of drug-likeness (QED) is 0.898. The summed E-state index contributed by atoms with van der Waals surface area (Å²) >= 11 is 1.70. The summed E-state index contributed by atoms with van der Waals surface area (Å²) < 4.78 is 0. The Kier molecular flexibility index (Phi) is 5.88. The number of nitrogens with one attached hydrogen (secondary N) is 1. The van der Waals surface area contributed by atoms with Gasteiger partial charge in [-0.3, -0.25) is 4.90 Å². The summed E-state index contributed by atoms with van der Waals surface area (Å²) in [6, 6.07) is 14.8. The van der Waals surface area contributed by atoms with Crippen molar-refractivity contribution in [2.24, 2.45) is 0 Å². The molecule has 1 N–H and O–H groups in total. The predicted molar refractivity (Wildman–Crippen MR) is 99.2 cm³/mol. The summed E-state index contributed by atoms with van der Waals surface area (Å²) in [5.74, 6) is 0. The number of amides is 2. The Labute approximate surface area is 148 Å². The standard InChI is InChI=1S/C19H25N3OS/c1-2-17(18-9-6-14-24-18)20-19(23)22-12-10-21(11-13-22)15-16-7-4-3-5-8-16/h3-9,14,17H,2,10-13,15H2,1H3,(H,20,23). The van der Waals surface area contributed by atoms with E-state index in [1.165, 1.54) is 10.4 Å². The molecule has 1 fully saturated rings. The minimum Gasteiger partial charge on any atom is -0.330 e. The number of carbonyl (C=O) groups excluding carboxylic acids is 1. The third-order valence-electron chi connectivity index (χ3n) is 4.50. The van der Waals surface area contributed by atoms with Crippen molar-refractivity contribution < 1.29 is 4.79 Å². The van der Waals surface area contributed by atoms with E-state index in [0.29, 0.717) is 0 Å². The van der Waals surface area contributed by atoms with Crippen LogP contribution in [0.5, 0.6) is 0 Å². The van der Waals surface area contributed by atoms with Crippen LogP contribution in [0.1, 0.15) is 29.8 Å². The normalized spacial score (nSPS) is 16.8. The molecule has 2 heterocycles. The number of benzene rings is 1. The summed E-state index contributed by atoms with van der Waals surface area (Å²) in [6.45, 7) is 6.51. The van der Waals surface area contributed by atoms with Gasteiger partial charge in [-0.25, -0.2) is 4.79 Å². The smallest absolute Gasteiger partial charge is 0.317 e. The monoisotopic (exact) mass is 343 g/mol. The highest BCUT2D eigenvalue weighted by Crippen LogP contribution is 2.22. The van der Waals surface area contributed by atoms with E-state index in [4.69, 9.17) is 0 Å². The topological polar surface area (TPSA) is 35.6 Å². The average Bonchev–Trinajstić information content (AvgIpc) is 3.15. The van der Waals surface area contributed by atoms with E-state index in [0.717, 1.165) is 39.1 Å². The van der Waals surface area contributed by atoms with Crippen LogP contribution in [-0.4, -0.2) is 42.0 Å². The number of piperazine rings is 1. The fourth-order valence-corrected chi connectivity index (χ4v) is 3.92. The van der Waals surface area contributed by atoms with E-state index in [-0.39, 0.29) is 12.1 Å². The second-order valence-electron chi connectivity index (χ2n) is 6.17. The van der Waals surface area contributed by atoms with E-state index >= 15 is 0 Å². The molecule has 0 radical (unpaired) electrons. The fraction of sp³-hybridized carbons (Fsp3) is 0.421. The lowest BCUT2D eigenvalue weighted by atomic mass is 10.2. The highest BCUT2D eigenvalue weighted by atomic mass is 32.1. The predicted octanol–water partition coefficient (Wildman–Crippen LogP) is 3.73. The fourth-order valence-electron chi connectivity index (χ4n) is 3.05. The Bertz CT molecular complexity index is 621. The number of hydrogen-bond acceptors (Lipinski definition) is 3. The maximum Gasteiger partial charge on any atom is 0.317 e. The van der Waals surface area contributed by atoms with Gasteiger partial charge in [0.1, 0.15) is 0 Å². The first kappa shape index (κ1) is 17.0. The van der Waals surface area contributed by atoms with E-state index in [2.05, 4.69) is 52.9 Å². The Morgan fingerprint density at radius 2 is 1.88 bits per heavy atom. The molecule has 1 aliphatic rings. The Morgan fingerprint density at radius 1 is 1.12 bits per heavy atom. The number of nitrogens with zero attached hydrogens (tertiary/aromatic N) is 2. The number of urea groups is 1. The third kappa shape index (κ3) is 4.36. The molecule has 1 aromatic heterocycles. The summed E-state index contributed by atoms with van der Waals surface area (Å²) in [4.78, 5) is 18.1. The number of carbonyl (C=O) groups is 1. The first-order valence-electron chi connectivity index (χ1n) is 8.61. The Hall–Kier alpha value is -1.85. The zero-order valence-electron chi connectivity index (χ0n) is 14.1. The lowest BCUT2D eigenvalue weighted by Crippen LogP contribution is -2.51. The van der Waals surface area contributed by atoms with Crippen LogP contribution in [0.25, 0.3) is 0 Å². The lowest BCUT2D eigenvalue weighted by molar-refractivity contribution is 0.133. The molecule has 2 amide bonds. The van der Waals surface area contributed by atoms with Crippen LogP contribution in [0.15, 0.2) is 47.8 Å². The van der Waals surface area contributed by atoms with Gasteiger partial charge in [0.2, 0.25) is 0 Å². The van der Waals surface area contributed by atoms with E-state index in [1.807, 2.05) is 17.0 Å². The maximum absolute atomic E-state index is 12.5. The van der Waals surface area contributed by atoms with Crippen molar-refractivity contribution in [2.45, 2.75) is 25.9 Å². The van der Waals surface area contributed by atoms with Gasteiger partial charge in [-0.05, 0) is 23.4 Å². The molecular weight excluding hydrogens is 318 g/mol. The number of thiophene rings is 1. The van der Waals surface area contributed by atoms with Gasteiger partial charge in [0.25, 0.3) is 0 Å². The number of hydrogen-bond donors (Lipinski definition) is 1. The lowest BCUT2D eigenvalue weighted by Gasteiger charge is -2.35. The molecule has 0 bridgehead atoms. The van der Waals surface area contributed by atoms with Crippen LogP contribution in [0.4, 0.5) is 4.79 Å². The minimum absolute atomic E-state index is 0.0645. The van der Waals surface area contributed by atoms with Crippen molar-refractivity contribution in [2.75, 3.05) is 26.2 Å². The molecule has 1 aliphatic heterocycles. The molecule has 5 heteroatoms. The third-order valence-corrected chi connectivity index (χ3v) is 5.49. The van der Waals surface area contributed by atoms with Crippen molar-refractivity contribution in [1.29, 1.82) is 0 Å². The molecule has 4 nitrogen and oxygen atoms in total. The molecule has 2 aromatic rings. The molecule has 0 spiro atoms. The van der Waals surface area contributed by atoms with Crippen molar-refractivity contribution in [3.8, 4) is 0 Å². The van der Waals surface area contributed by atoms with Gasteiger partial charge < -0.3 is 10.2 Å². The van der Waals surface area contributed by atoms with Gasteiger partial charge in [0.15, 0.2) is 0 Å². The van der Waals surface area contributed by atoms with Gasteiger partial charge in [-0.2, -0.15) is 0 Å². The summed E-state index contributed by atoms with van der Waals surface area (Å²) in [5.41, 5.74) is 1.33. The molecule has 0 saturated carbocycles. The van der Waals surface area contributed by atoms with E-state index in [1.54, 1.807) is 11.3 Å². The molecule has 1 atom stereocenters. The zero-order chi connectivity index (χ0) is 16.8. The van der Waals surface area contributed by atoms with Crippen LogP contribution < -0.4 is 5.32 Å². The molecule has 1 aromatic carbocycles. The largest absolute Gasteiger partial charge is 0.330 e. The second kappa shape index (κ2) is 8.31. The first-order chi connectivity index (χ1) is 11.8. The molecule has 1 unspecified atom stereocenters. The van der Waals surface area contributed by atoms with E-state index < -0.39 is 0 Å². The van der Waals surface area contributed by atoms with Crippen molar-refractivity contribution in [3.63, 3.8) is 0 Å². The molecule has 3 rings (SSSR count). The summed E-state index contributed by atoms with van der Waals surface area (Å²) in [5, 5.41) is 5.24. The van der Waals surface area contributed by atoms with Gasteiger partial charge in [0.05, 0.1) is 6.04 Å². The molecular formula is C19H25N3OS. The second-order valence-corrected chi connectivity index (χ2v) is 7.15. The van der Waals surface area contributed by atoms with Crippen molar-refractivity contribution >= 4 is 17.4 Å². The van der Waals surface area contributed by atoms with Gasteiger partial charge in [-0.1, -0.05) is 43.3 Å². The van der Waals surface area contributed by atoms with Crippen LogP contribution in [-0.2, 0) is 6.54 Å². The van der Waals surface area contributed by atoms with Crippen LogP contribution in [0.2, 0.25) is 0 Å². The van der Waals surface area contributed by atoms with Gasteiger partial charge in [-0.15, -0.1) is 11.3 Å². The highest BCUT2D eigenvalue weighted by molar-refractivity contribution is 7.10. The van der Waals surface area contributed by atoms with Crippen LogP contribution in [0.3, 0.4) is 0 Å². The zero-order valence-corrected chi connectivity index (χ0v) is 15.0. The Balaban J connectivity index is 1.48. The molecule has 128 valence electrons. The van der Waals surface area contributed by atoms with Crippen LogP contribution >= 0.6 is 11.3 Å². The van der Waals surface area contributed by atoms with Crippen LogP contribution in [0, 0.1) is 0 Å².